The highest BCUT2D eigenvalue weighted by molar-refractivity contribution is 5.98. The zero-order valence-electron chi connectivity index (χ0n) is 20.8. The number of aliphatic hydroxyl groups is 2. The monoisotopic (exact) mass is 470 g/mol. The predicted octanol–water partition coefficient (Wildman–Crippen LogP) is 3.35. The van der Waals surface area contributed by atoms with Gasteiger partial charge in [0.15, 0.2) is 5.78 Å². The molecule has 3 saturated carbocycles. The maximum absolute atomic E-state index is 13.3. The van der Waals surface area contributed by atoms with Gasteiger partial charge in [-0.2, -0.15) is 0 Å². The number of ether oxygens (including phenoxy) is 2. The van der Waals surface area contributed by atoms with Crippen LogP contribution in [0, 0.1) is 40.4 Å². The van der Waals surface area contributed by atoms with Crippen LogP contribution in [0.15, 0.2) is 23.3 Å². The van der Waals surface area contributed by atoms with E-state index in [0.717, 1.165) is 37.7 Å². The number of carbonyl (C=O) groups is 2. The molecule has 6 rings (SSSR count). The molecule has 2 heterocycles. The zero-order valence-corrected chi connectivity index (χ0v) is 20.8. The highest BCUT2D eigenvalue weighted by atomic mass is 16.6. The van der Waals surface area contributed by atoms with Crippen LogP contribution in [0.4, 0.5) is 0 Å². The first-order valence-electron chi connectivity index (χ1n) is 13.2. The molecule has 0 radical (unpaired) electrons. The highest BCUT2D eigenvalue weighted by Crippen LogP contribution is 2.73. The molecule has 4 aliphatic carbocycles. The molecule has 6 aliphatic rings. The predicted molar refractivity (Wildman–Crippen MR) is 124 cm³/mol. The van der Waals surface area contributed by atoms with Crippen LogP contribution in [0.5, 0.6) is 0 Å². The summed E-state index contributed by atoms with van der Waals surface area (Å²) in [5, 5.41) is 20.4. The molecule has 6 heteroatoms. The Morgan fingerprint density at radius 1 is 1.18 bits per heavy atom. The van der Waals surface area contributed by atoms with E-state index in [0.29, 0.717) is 29.7 Å². The van der Waals surface area contributed by atoms with E-state index in [1.807, 2.05) is 6.92 Å². The topological polar surface area (TPSA) is 96.4 Å². The van der Waals surface area contributed by atoms with Crippen molar-refractivity contribution >= 4 is 11.8 Å². The number of rotatable bonds is 3. The average Bonchev–Trinajstić information content (AvgIpc) is 3.43. The quantitative estimate of drug-likeness (QED) is 0.485. The minimum atomic E-state index is -0.719. The fraction of sp³-hybridized carbons (Fsp3) is 0.786. The lowest BCUT2D eigenvalue weighted by Crippen LogP contribution is -2.63. The largest absolute Gasteiger partial charge is 0.458 e. The van der Waals surface area contributed by atoms with Crippen molar-refractivity contribution in [1.82, 2.24) is 0 Å². The summed E-state index contributed by atoms with van der Waals surface area (Å²) in [6, 6.07) is 0. The van der Waals surface area contributed by atoms with Crippen LogP contribution in [0.3, 0.4) is 0 Å². The van der Waals surface area contributed by atoms with Crippen LogP contribution in [0.2, 0.25) is 0 Å². The molecule has 0 aromatic heterocycles. The van der Waals surface area contributed by atoms with Crippen molar-refractivity contribution in [3.63, 3.8) is 0 Å². The lowest BCUT2D eigenvalue weighted by molar-refractivity contribution is -0.155. The normalized spacial score (nSPS) is 52.4. The number of esters is 1. The van der Waals surface area contributed by atoms with Crippen LogP contribution in [0.1, 0.15) is 66.2 Å². The Morgan fingerprint density at radius 3 is 2.65 bits per heavy atom. The maximum Gasteiger partial charge on any atom is 0.336 e. The van der Waals surface area contributed by atoms with Gasteiger partial charge in [-0.1, -0.05) is 19.4 Å². The van der Waals surface area contributed by atoms with Crippen molar-refractivity contribution < 1.29 is 29.3 Å². The molecule has 0 bridgehead atoms. The third-order valence-electron chi connectivity index (χ3n) is 11.6. The zero-order chi connectivity index (χ0) is 24.2. The second kappa shape index (κ2) is 7.27. The third-order valence-corrected chi connectivity index (χ3v) is 11.6. The molecule has 0 aromatic rings. The lowest BCUT2D eigenvalue weighted by atomic mass is 9.44. The fourth-order valence-corrected chi connectivity index (χ4v) is 9.69. The lowest BCUT2D eigenvalue weighted by Gasteiger charge is -2.58. The third kappa shape index (κ3) is 2.63. The van der Waals surface area contributed by atoms with Gasteiger partial charge in [0.2, 0.25) is 0 Å². The van der Waals surface area contributed by atoms with E-state index in [1.54, 1.807) is 12.2 Å². The summed E-state index contributed by atoms with van der Waals surface area (Å²) >= 11 is 0. The Balaban J connectivity index is 1.27. The molecule has 0 aromatic carbocycles. The Labute approximate surface area is 201 Å². The standard InChI is InChI=1S/C28H38O6/c1-14-11-21(33-25(32)17(14)13-29)15(2)18-5-6-19-16-12-24-28(34-24)23(31)8-7-22(30)27(28,4)20(16)9-10-26(18,19)3/h7-8,15-16,18-21,23-24,29,31H,5-6,9-13H2,1-4H3/t15-,16?,18?,19?,20?,21?,23+,24?,26+,27-,28+/m0/s1. The number of ketones is 1. The van der Waals surface area contributed by atoms with Crippen molar-refractivity contribution in [3.8, 4) is 0 Å². The molecule has 0 amide bonds. The van der Waals surface area contributed by atoms with Gasteiger partial charge in [-0.05, 0) is 93.1 Å². The van der Waals surface area contributed by atoms with Gasteiger partial charge in [-0.3, -0.25) is 4.79 Å². The first-order valence-corrected chi connectivity index (χ1v) is 13.2. The summed E-state index contributed by atoms with van der Waals surface area (Å²) in [5.74, 6) is 1.61. The van der Waals surface area contributed by atoms with Gasteiger partial charge in [0.25, 0.3) is 0 Å². The van der Waals surface area contributed by atoms with Gasteiger partial charge < -0.3 is 19.7 Å². The van der Waals surface area contributed by atoms with Crippen LogP contribution in [0.25, 0.3) is 0 Å². The molecular weight excluding hydrogens is 432 g/mol. The molecule has 2 aliphatic heterocycles. The Kier molecular flexibility index (Phi) is 4.90. The van der Waals surface area contributed by atoms with Crippen molar-refractivity contribution in [2.75, 3.05) is 6.61 Å². The summed E-state index contributed by atoms with van der Waals surface area (Å²) in [7, 11) is 0. The first-order chi connectivity index (χ1) is 16.1. The van der Waals surface area contributed by atoms with Crippen LogP contribution in [-0.2, 0) is 19.1 Å². The summed E-state index contributed by atoms with van der Waals surface area (Å²) < 4.78 is 12.1. The number of cyclic esters (lactones) is 1. The van der Waals surface area contributed by atoms with E-state index in [4.69, 9.17) is 9.47 Å². The first kappa shape index (κ1) is 22.9. The Bertz CT molecular complexity index is 999. The summed E-state index contributed by atoms with van der Waals surface area (Å²) in [5.41, 5.74) is 0.129. The van der Waals surface area contributed by atoms with E-state index >= 15 is 0 Å². The Morgan fingerprint density at radius 2 is 1.94 bits per heavy atom. The van der Waals surface area contributed by atoms with Gasteiger partial charge in [-0.25, -0.2) is 4.79 Å². The van der Waals surface area contributed by atoms with Crippen molar-refractivity contribution in [2.24, 2.45) is 40.4 Å². The summed E-state index contributed by atoms with van der Waals surface area (Å²) in [4.78, 5) is 25.8. The van der Waals surface area contributed by atoms with E-state index in [9.17, 15) is 19.8 Å². The van der Waals surface area contributed by atoms with E-state index in [1.165, 1.54) is 0 Å². The number of carbonyl (C=O) groups excluding carboxylic acids is 2. The highest BCUT2D eigenvalue weighted by Gasteiger charge is 2.80. The number of fused-ring (bicyclic) bond motifs is 4. The van der Waals surface area contributed by atoms with Crippen LogP contribution >= 0.6 is 0 Å². The molecular formula is C28H38O6. The van der Waals surface area contributed by atoms with Crippen molar-refractivity contribution in [1.29, 1.82) is 0 Å². The van der Waals surface area contributed by atoms with E-state index < -0.39 is 17.1 Å². The minimum Gasteiger partial charge on any atom is -0.458 e. The maximum atomic E-state index is 13.3. The molecule has 6 nitrogen and oxygen atoms in total. The van der Waals surface area contributed by atoms with Gasteiger partial charge in [0, 0.05) is 6.42 Å². The van der Waals surface area contributed by atoms with Crippen molar-refractivity contribution in [2.45, 2.75) is 90.1 Å². The van der Waals surface area contributed by atoms with E-state index in [-0.39, 0.29) is 47.8 Å². The van der Waals surface area contributed by atoms with E-state index in [2.05, 4.69) is 20.8 Å². The molecule has 4 fully saturated rings. The molecule has 6 unspecified atom stereocenters. The molecule has 186 valence electrons. The molecule has 1 spiro atoms. The number of hydrogen-bond acceptors (Lipinski definition) is 6. The van der Waals surface area contributed by atoms with Gasteiger partial charge in [-0.15, -0.1) is 0 Å². The SMILES string of the molecule is CC1=C(CO)C(=O)OC([C@@H](C)C2CCC3C4CC5O[C@]56[C@H](O)C=CC(=O)[C@]6(C)C4CC[C@@]32C)C1. The fourth-order valence-electron chi connectivity index (χ4n) is 9.69. The van der Waals surface area contributed by atoms with Gasteiger partial charge in [0.1, 0.15) is 17.8 Å². The number of epoxide rings is 1. The van der Waals surface area contributed by atoms with Crippen LogP contribution in [-0.4, -0.2) is 52.5 Å². The second-order valence-electron chi connectivity index (χ2n) is 12.5. The second-order valence-corrected chi connectivity index (χ2v) is 12.5. The van der Waals surface area contributed by atoms with Crippen molar-refractivity contribution in [3.05, 3.63) is 23.3 Å². The number of hydrogen-bond donors (Lipinski definition) is 2. The minimum absolute atomic E-state index is 0.0366. The summed E-state index contributed by atoms with van der Waals surface area (Å²) in [6.07, 6.45) is 8.23. The van der Waals surface area contributed by atoms with Gasteiger partial charge >= 0.3 is 5.97 Å². The average molecular weight is 471 g/mol. The number of aliphatic hydroxyl groups excluding tert-OH is 2. The Hall–Kier alpha value is -1.50. The number of allylic oxidation sites excluding steroid dienone is 1. The molecule has 11 atom stereocenters. The smallest absolute Gasteiger partial charge is 0.336 e. The molecule has 34 heavy (non-hydrogen) atoms. The summed E-state index contributed by atoms with van der Waals surface area (Å²) in [6.45, 7) is 8.41. The van der Waals surface area contributed by atoms with Gasteiger partial charge in [0.05, 0.1) is 23.7 Å². The molecule has 2 N–H and O–H groups in total. The molecule has 1 saturated heterocycles. The van der Waals surface area contributed by atoms with Crippen LogP contribution < -0.4 is 0 Å².